The number of carbonyl (C=O) groups excluding carboxylic acids is 1. The maximum absolute atomic E-state index is 12.2. The number of sulfonamides is 1. The number of nitrogens with zero attached hydrogens (tertiary/aromatic N) is 2. The van der Waals surface area contributed by atoms with Gasteiger partial charge in [-0.15, -0.1) is 0 Å². The zero-order chi connectivity index (χ0) is 17.7. The van der Waals surface area contributed by atoms with Crippen LogP contribution in [0.4, 0.5) is 5.69 Å². The topological polar surface area (TPSA) is 79.4 Å². The Balaban J connectivity index is 2.25. The van der Waals surface area contributed by atoms with Gasteiger partial charge >= 0.3 is 0 Å². The Bertz CT molecular complexity index is 813. The minimum absolute atomic E-state index is 0.0818. The van der Waals surface area contributed by atoms with Crippen molar-refractivity contribution in [2.75, 3.05) is 23.7 Å². The number of pyridine rings is 1. The van der Waals surface area contributed by atoms with Crippen molar-refractivity contribution < 1.29 is 13.2 Å². The lowest BCUT2D eigenvalue weighted by Crippen LogP contribution is -2.35. The summed E-state index contributed by atoms with van der Waals surface area (Å²) in [7, 11) is -3.52. The summed E-state index contributed by atoms with van der Waals surface area (Å²) in [6, 6.07) is 9.05. The highest BCUT2D eigenvalue weighted by atomic mass is 32.2. The zero-order valence-corrected chi connectivity index (χ0v) is 15.0. The molecule has 24 heavy (non-hydrogen) atoms. The fraction of sp³-hybridized carbons (Fsp3) is 0.412. The van der Waals surface area contributed by atoms with E-state index in [1.807, 2.05) is 26.0 Å². The number of hydrogen-bond donors (Lipinski definition) is 1. The van der Waals surface area contributed by atoms with E-state index in [-0.39, 0.29) is 18.9 Å². The first-order chi connectivity index (χ1) is 11.3. The fourth-order valence-electron chi connectivity index (χ4n) is 2.36. The van der Waals surface area contributed by atoms with Crippen LogP contribution in [0.1, 0.15) is 20.3 Å². The zero-order valence-electron chi connectivity index (χ0n) is 14.2. The summed E-state index contributed by atoms with van der Waals surface area (Å²) in [6.07, 6.45) is 2.87. The highest BCUT2D eigenvalue weighted by molar-refractivity contribution is 7.92. The van der Waals surface area contributed by atoms with Gasteiger partial charge < -0.3 is 5.32 Å². The molecule has 1 amide bonds. The molecule has 0 aliphatic carbocycles. The molecule has 1 aromatic carbocycles. The Morgan fingerprint density at radius 2 is 1.96 bits per heavy atom. The van der Waals surface area contributed by atoms with Crippen molar-refractivity contribution in [1.29, 1.82) is 0 Å². The van der Waals surface area contributed by atoms with Crippen molar-refractivity contribution in [2.24, 2.45) is 5.92 Å². The van der Waals surface area contributed by atoms with Crippen molar-refractivity contribution in [3.05, 3.63) is 36.5 Å². The Hall–Kier alpha value is -2.15. The molecular weight excluding hydrogens is 326 g/mol. The summed E-state index contributed by atoms with van der Waals surface area (Å²) in [5.41, 5.74) is 1.10. The first-order valence-electron chi connectivity index (χ1n) is 7.87. The molecule has 0 saturated carbocycles. The maximum Gasteiger partial charge on any atom is 0.232 e. The Morgan fingerprint density at radius 3 is 2.62 bits per heavy atom. The molecule has 2 rings (SSSR count). The average molecular weight is 349 g/mol. The van der Waals surface area contributed by atoms with Crippen LogP contribution in [0.2, 0.25) is 0 Å². The second-order valence-electron chi connectivity index (χ2n) is 6.14. The summed E-state index contributed by atoms with van der Waals surface area (Å²) < 4.78 is 25.7. The molecule has 130 valence electrons. The molecule has 0 aliphatic rings. The lowest BCUT2D eigenvalue weighted by molar-refractivity contribution is -0.121. The van der Waals surface area contributed by atoms with E-state index in [0.29, 0.717) is 23.7 Å². The van der Waals surface area contributed by atoms with Crippen LogP contribution in [-0.4, -0.2) is 38.7 Å². The largest absolute Gasteiger partial charge is 0.356 e. The van der Waals surface area contributed by atoms with Gasteiger partial charge in [-0.2, -0.15) is 0 Å². The van der Waals surface area contributed by atoms with Gasteiger partial charge in [0.25, 0.3) is 0 Å². The SMILES string of the molecule is CC(C)CNC(=O)CCN(c1cccc2cccnc12)S(C)(=O)=O. The second kappa shape index (κ2) is 7.61. The summed E-state index contributed by atoms with van der Waals surface area (Å²) in [5, 5.41) is 3.66. The first kappa shape index (κ1) is 18.2. The monoisotopic (exact) mass is 349 g/mol. The van der Waals surface area contributed by atoms with E-state index >= 15 is 0 Å². The minimum Gasteiger partial charge on any atom is -0.356 e. The first-order valence-corrected chi connectivity index (χ1v) is 9.72. The van der Waals surface area contributed by atoms with E-state index in [4.69, 9.17) is 0 Å². The highest BCUT2D eigenvalue weighted by Gasteiger charge is 2.21. The van der Waals surface area contributed by atoms with E-state index < -0.39 is 10.0 Å². The molecule has 0 spiro atoms. The van der Waals surface area contributed by atoms with Crippen molar-refractivity contribution >= 4 is 32.5 Å². The number of nitrogens with one attached hydrogen (secondary N) is 1. The molecule has 0 fully saturated rings. The van der Waals surface area contributed by atoms with Gasteiger partial charge in [0.05, 0.1) is 17.5 Å². The van der Waals surface area contributed by atoms with Gasteiger partial charge in [-0.05, 0) is 18.1 Å². The van der Waals surface area contributed by atoms with Gasteiger partial charge in [0.15, 0.2) is 0 Å². The van der Waals surface area contributed by atoms with E-state index in [1.165, 1.54) is 4.31 Å². The molecule has 6 nitrogen and oxygen atoms in total. The van der Waals surface area contributed by atoms with Crippen LogP contribution in [-0.2, 0) is 14.8 Å². The summed E-state index contributed by atoms with van der Waals surface area (Å²) in [6.45, 7) is 4.67. The molecule has 0 unspecified atom stereocenters. The van der Waals surface area contributed by atoms with Crippen molar-refractivity contribution in [3.8, 4) is 0 Å². The van der Waals surface area contributed by atoms with Gasteiger partial charge in [0.1, 0.15) is 0 Å². The smallest absolute Gasteiger partial charge is 0.232 e. The standard InChI is InChI=1S/C17H23N3O3S/c1-13(2)12-19-16(21)9-11-20(24(3,22)23)15-8-4-6-14-7-5-10-18-17(14)15/h4-8,10,13H,9,11-12H2,1-3H3,(H,19,21). The lowest BCUT2D eigenvalue weighted by atomic mass is 10.2. The van der Waals surface area contributed by atoms with Crippen LogP contribution in [0.15, 0.2) is 36.5 Å². The molecule has 1 N–H and O–H groups in total. The van der Waals surface area contributed by atoms with Crippen molar-refractivity contribution in [2.45, 2.75) is 20.3 Å². The van der Waals surface area contributed by atoms with E-state index in [1.54, 1.807) is 24.4 Å². The molecule has 0 atom stereocenters. The number of carbonyl (C=O) groups is 1. The number of amides is 1. The molecule has 0 bridgehead atoms. The number of aromatic nitrogens is 1. The van der Waals surface area contributed by atoms with Gasteiger partial charge in [-0.1, -0.05) is 32.0 Å². The number of fused-ring (bicyclic) bond motifs is 1. The van der Waals surface area contributed by atoms with Crippen LogP contribution in [0, 0.1) is 5.92 Å². The maximum atomic E-state index is 12.2. The summed E-state index contributed by atoms with van der Waals surface area (Å²) in [5.74, 6) is 0.188. The van der Waals surface area contributed by atoms with Gasteiger partial charge in [0, 0.05) is 31.1 Å². The minimum atomic E-state index is -3.52. The van der Waals surface area contributed by atoms with Crippen LogP contribution in [0.3, 0.4) is 0 Å². The van der Waals surface area contributed by atoms with E-state index in [9.17, 15) is 13.2 Å². The molecule has 0 radical (unpaired) electrons. The second-order valence-corrected chi connectivity index (χ2v) is 8.04. The van der Waals surface area contributed by atoms with Gasteiger partial charge in [0.2, 0.25) is 15.9 Å². The normalized spacial score (nSPS) is 11.7. The Kier molecular flexibility index (Phi) is 5.77. The lowest BCUT2D eigenvalue weighted by Gasteiger charge is -2.23. The molecule has 2 aromatic rings. The van der Waals surface area contributed by atoms with Gasteiger partial charge in [-0.3, -0.25) is 14.1 Å². The van der Waals surface area contributed by atoms with Crippen LogP contribution in [0.25, 0.3) is 10.9 Å². The molecule has 0 aliphatic heterocycles. The molecule has 0 saturated heterocycles. The average Bonchev–Trinajstić information content (AvgIpc) is 2.52. The molecule has 1 heterocycles. The van der Waals surface area contributed by atoms with Crippen molar-refractivity contribution in [3.63, 3.8) is 0 Å². The number of hydrogen-bond acceptors (Lipinski definition) is 4. The fourth-order valence-corrected chi connectivity index (χ4v) is 3.29. The summed E-state index contributed by atoms with van der Waals surface area (Å²) >= 11 is 0. The van der Waals surface area contributed by atoms with E-state index in [2.05, 4.69) is 10.3 Å². The quantitative estimate of drug-likeness (QED) is 0.831. The Labute approximate surface area is 142 Å². The Morgan fingerprint density at radius 1 is 1.25 bits per heavy atom. The number of anilines is 1. The van der Waals surface area contributed by atoms with Crippen LogP contribution in [0.5, 0.6) is 0 Å². The highest BCUT2D eigenvalue weighted by Crippen LogP contribution is 2.26. The summed E-state index contributed by atoms with van der Waals surface area (Å²) in [4.78, 5) is 16.2. The predicted molar refractivity (Wildman–Crippen MR) is 96.4 cm³/mol. The predicted octanol–water partition coefficient (Wildman–Crippen LogP) is 2.16. The molecular formula is C17H23N3O3S. The number of rotatable bonds is 7. The third kappa shape index (κ3) is 4.67. The van der Waals surface area contributed by atoms with Crippen molar-refractivity contribution in [1.82, 2.24) is 10.3 Å². The number of para-hydroxylation sites is 1. The third-order valence-electron chi connectivity index (χ3n) is 3.53. The van der Waals surface area contributed by atoms with E-state index in [0.717, 1.165) is 11.6 Å². The van der Waals surface area contributed by atoms with Crippen LogP contribution >= 0.6 is 0 Å². The molecule has 1 aromatic heterocycles. The molecule has 7 heteroatoms. The van der Waals surface area contributed by atoms with Gasteiger partial charge in [-0.25, -0.2) is 8.42 Å². The van der Waals surface area contributed by atoms with Crippen LogP contribution < -0.4 is 9.62 Å². The number of benzene rings is 1. The third-order valence-corrected chi connectivity index (χ3v) is 4.71.